The summed E-state index contributed by atoms with van der Waals surface area (Å²) in [6.45, 7) is 1.68. The Kier molecular flexibility index (Phi) is 6.65. The summed E-state index contributed by atoms with van der Waals surface area (Å²) in [5.41, 5.74) is -0.171. The number of aryl methyl sites for hydroxylation is 1. The number of hydrogen-bond acceptors (Lipinski definition) is 6. The molecule has 0 spiro atoms. The Balaban J connectivity index is 1.60. The fourth-order valence-electron chi connectivity index (χ4n) is 2.88. The predicted octanol–water partition coefficient (Wildman–Crippen LogP) is 3.21. The lowest BCUT2D eigenvalue weighted by molar-refractivity contribution is -0.137. The van der Waals surface area contributed by atoms with Crippen molar-refractivity contribution in [3.63, 3.8) is 0 Å². The maximum Gasteiger partial charge on any atom is 0.416 e. The van der Waals surface area contributed by atoms with Crippen LogP contribution < -0.4 is 10.5 Å². The third-order valence-electron chi connectivity index (χ3n) is 4.53. The number of aromatic nitrogens is 2. The molecule has 1 aromatic heterocycles. The lowest BCUT2D eigenvalue weighted by atomic mass is 10.1. The highest BCUT2D eigenvalue weighted by atomic mass is 32.2. The van der Waals surface area contributed by atoms with Gasteiger partial charge >= 0.3 is 6.18 Å². The lowest BCUT2D eigenvalue weighted by Crippen LogP contribution is -2.27. The van der Waals surface area contributed by atoms with Crippen LogP contribution in [0.15, 0.2) is 57.8 Å². The van der Waals surface area contributed by atoms with Gasteiger partial charge in [-0.15, -0.1) is 10.2 Å². The number of primary sulfonamides is 1. The summed E-state index contributed by atoms with van der Waals surface area (Å²) in [6, 6.07) is 9.90. The first-order valence-corrected chi connectivity index (χ1v) is 10.9. The van der Waals surface area contributed by atoms with Crippen LogP contribution in [-0.2, 0) is 27.4 Å². The first kappa shape index (κ1) is 23.4. The largest absolute Gasteiger partial charge is 0.421 e. The molecule has 0 bridgehead atoms. The van der Waals surface area contributed by atoms with Crippen LogP contribution in [0.3, 0.4) is 0 Å². The molecule has 0 saturated carbocycles. The summed E-state index contributed by atoms with van der Waals surface area (Å²) in [6.07, 6.45) is -4.45. The van der Waals surface area contributed by atoms with Crippen LogP contribution in [0.2, 0.25) is 0 Å². The van der Waals surface area contributed by atoms with E-state index < -0.39 is 27.8 Å². The predicted molar refractivity (Wildman–Crippen MR) is 107 cm³/mol. The van der Waals surface area contributed by atoms with Gasteiger partial charge in [0.1, 0.15) is 0 Å². The molecule has 3 aromatic rings. The van der Waals surface area contributed by atoms with E-state index in [0.717, 1.165) is 12.1 Å². The van der Waals surface area contributed by atoms with Crippen LogP contribution in [0.5, 0.6) is 0 Å². The van der Waals surface area contributed by atoms with Crippen molar-refractivity contribution in [3.05, 3.63) is 65.5 Å². The van der Waals surface area contributed by atoms with Gasteiger partial charge in [-0.2, -0.15) is 13.2 Å². The number of rotatable bonds is 7. The van der Waals surface area contributed by atoms with Crippen LogP contribution in [0.4, 0.5) is 13.2 Å². The van der Waals surface area contributed by atoms with Gasteiger partial charge in [0.15, 0.2) is 0 Å². The van der Waals surface area contributed by atoms with Crippen LogP contribution >= 0.6 is 0 Å². The van der Waals surface area contributed by atoms with Crippen molar-refractivity contribution < 1.29 is 30.8 Å². The van der Waals surface area contributed by atoms with E-state index in [1.54, 1.807) is 13.0 Å². The van der Waals surface area contributed by atoms with Gasteiger partial charge in [-0.25, -0.2) is 13.6 Å². The molecule has 0 unspecified atom stereocenters. The summed E-state index contributed by atoms with van der Waals surface area (Å²) < 4.78 is 66.9. The van der Waals surface area contributed by atoms with Gasteiger partial charge in [0.2, 0.25) is 27.7 Å². The average Bonchev–Trinajstić information content (AvgIpc) is 3.20. The number of alkyl halides is 3. The summed E-state index contributed by atoms with van der Waals surface area (Å²) in [5, 5.41) is 15.4. The highest BCUT2D eigenvalue weighted by molar-refractivity contribution is 7.89. The van der Waals surface area contributed by atoms with Gasteiger partial charge in [-0.05, 0) is 42.8 Å². The second kappa shape index (κ2) is 9.09. The Morgan fingerprint density at radius 1 is 1.16 bits per heavy atom. The van der Waals surface area contributed by atoms with Gasteiger partial charge in [-0.1, -0.05) is 18.2 Å². The highest BCUT2D eigenvalue weighted by Gasteiger charge is 2.30. The Labute approximate surface area is 181 Å². The molecule has 1 atom stereocenters. The summed E-state index contributed by atoms with van der Waals surface area (Å²) in [5.74, 6) is -0.353. The zero-order valence-corrected chi connectivity index (χ0v) is 17.6. The molecule has 0 aliphatic carbocycles. The number of nitrogens with one attached hydrogen (secondary N) is 1. The smallest absolute Gasteiger partial charge is 0.416 e. The lowest BCUT2D eigenvalue weighted by Gasteiger charge is -2.14. The van der Waals surface area contributed by atoms with E-state index in [-0.39, 0.29) is 41.0 Å². The minimum absolute atomic E-state index is 0.0244. The fourth-order valence-corrected chi connectivity index (χ4v) is 3.45. The second-order valence-electron chi connectivity index (χ2n) is 6.99. The molecule has 32 heavy (non-hydrogen) atoms. The average molecular weight is 468 g/mol. The van der Waals surface area contributed by atoms with E-state index in [1.807, 2.05) is 0 Å². The van der Waals surface area contributed by atoms with Crippen molar-refractivity contribution in [1.82, 2.24) is 15.5 Å². The molecule has 3 rings (SSSR count). The van der Waals surface area contributed by atoms with E-state index in [4.69, 9.17) is 9.56 Å². The van der Waals surface area contributed by atoms with Crippen molar-refractivity contribution >= 4 is 15.9 Å². The van der Waals surface area contributed by atoms with Crippen molar-refractivity contribution in [2.75, 3.05) is 0 Å². The van der Waals surface area contributed by atoms with Gasteiger partial charge in [0.05, 0.1) is 16.5 Å². The van der Waals surface area contributed by atoms with E-state index in [9.17, 15) is 26.4 Å². The third kappa shape index (κ3) is 5.92. The number of carbonyl (C=O) groups is 1. The van der Waals surface area contributed by atoms with E-state index in [0.29, 0.717) is 5.56 Å². The molecule has 3 N–H and O–H groups in total. The summed E-state index contributed by atoms with van der Waals surface area (Å²) >= 11 is 0. The maximum atomic E-state index is 12.9. The summed E-state index contributed by atoms with van der Waals surface area (Å²) in [7, 11) is -3.87. The molecule has 0 saturated heterocycles. The van der Waals surface area contributed by atoms with Crippen molar-refractivity contribution in [2.45, 2.75) is 36.9 Å². The van der Waals surface area contributed by atoms with E-state index in [1.165, 1.54) is 30.3 Å². The van der Waals surface area contributed by atoms with Gasteiger partial charge in [0.25, 0.3) is 0 Å². The van der Waals surface area contributed by atoms with Crippen LogP contribution in [-0.4, -0.2) is 24.5 Å². The van der Waals surface area contributed by atoms with Gasteiger partial charge < -0.3 is 9.73 Å². The Morgan fingerprint density at radius 2 is 1.88 bits per heavy atom. The van der Waals surface area contributed by atoms with Crippen LogP contribution in [0, 0.1) is 0 Å². The maximum absolute atomic E-state index is 12.9. The molecule has 0 aliphatic rings. The third-order valence-corrected chi connectivity index (χ3v) is 5.44. The zero-order chi connectivity index (χ0) is 23.5. The molecule has 12 heteroatoms. The zero-order valence-electron chi connectivity index (χ0n) is 16.8. The Morgan fingerprint density at radius 3 is 2.56 bits per heavy atom. The topological polar surface area (TPSA) is 128 Å². The van der Waals surface area contributed by atoms with Crippen molar-refractivity contribution in [1.29, 1.82) is 0 Å². The van der Waals surface area contributed by atoms with E-state index in [2.05, 4.69) is 15.5 Å². The molecule has 0 fully saturated rings. The number of hydrogen-bond donors (Lipinski definition) is 2. The van der Waals surface area contributed by atoms with Gasteiger partial charge in [0, 0.05) is 18.4 Å². The molecule has 0 aliphatic heterocycles. The number of nitrogens with zero attached hydrogens (tertiary/aromatic N) is 2. The quantitative estimate of drug-likeness (QED) is 0.548. The number of benzene rings is 2. The number of carbonyl (C=O) groups excluding carboxylic acids is 1. The molecular formula is C20H19F3N4O4S. The monoisotopic (exact) mass is 468 g/mol. The number of halogens is 3. The van der Waals surface area contributed by atoms with Crippen molar-refractivity contribution in [2.24, 2.45) is 5.14 Å². The fraction of sp³-hybridized carbons (Fsp3) is 0.250. The van der Waals surface area contributed by atoms with Gasteiger partial charge in [-0.3, -0.25) is 4.79 Å². The highest BCUT2D eigenvalue weighted by Crippen LogP contribution is 2.31. The van der Waals surface area contributed by atoms with E-state index >= 15 is 0 Å². The second-order valence-corrected chi connectivity index (χ2v) is 8.55. The minimum atomic E-state index is -4.50. The molecular weight excluding hydrogens is 449 g/mol. The Hall–Kier alpha value is -3.25. The molecule has 1 heterocycles. The normalized spacial score (nSPS) is 13.0. The van der Waals surface area contributed by atoms with Crippen LogP contribution in [0.1, 0.15) is 36.4 Å². The molecule has 2 aromatic carbocycles. The SMILES string of the molecule is C[C@H](NC(=O)CCc1nnc(-c2cccc(C(F)(F)F)c2)o1)c1cccc(S(N)(=O)=O)c1. The van der Waals surface area contributed by atoms with Crippen LogP contribution in [0.25, 0.3) is 11.5 Å². The molecule has 0 radical (unpaired) electrons. The first-order chi connectivity index (χ1) is 14.9. The standard InChI is InChI=1S/C20H19F3N4O4S/c1-12(13-4-3-7-16(11-13)32(24,29)30)25-17(28)8-9-18-26-27-19(31-18)14-5-2-6-15(10-14)20(21,22)23/h2-7,10-12H,8-9H2,1H3,(H,25,28)(H2,24,29,30)/t12-/m0/s1. The molecule has 8 nitrogen and oxygen atoms in total. The molecule has 1 amide bonds. The molecule has 170 valence electrons. The van der Waals surface area contributed by atoms with Crippen molar-refractivity contribution in [3.8, 4) is 11.5 Å². The first-order valence-electron chi connectivity index (χ1n) is 9.35. The number of nitrogens with two attached hydrogens (primary N) is 1. The summed E-state index contributed by atoms with van der Waals surface area (Å²) in [4.78, 5) is 12.2. The Bertz CT molecular complexity index is 1230. The minimum Gasteiger partial charge on any atom is -0.421 e. The number of sulfonamides is 1. The number of amides is 1.